The van der Waals surface area contributed by atoms with E-state index in [1.165, 1.54) is 0 Å². The summed E-state index contributed by atoms with van der Waals surface area (Å²) in [5, 5.41) is 4.56. The fourth-order valence-electron chi connectivity index (χ4n) is 2.06. The summed E-state index contributed by atoms with van der Waals surface area (Å²) in [5.41, 5.74) is 9.01. The van der Waals surface area contributed by atoms with Gasteiger partial charge in [-0.1, -0.05) is 32.7 Å². The quantitative estimate of drug-likeness (QED) is 0.669. The Labute approximate surface area is 135 Å². The summed E-state index contributed by atoms with van der Waals surface area (Å²) in [4.78, 5) is 4.42. The fraction of sp³-hybridized carbons (Fsp3) is 0.0667. The predicted molar refractivity (Wildman–Crippen MR) is 87.0 cm³/mol. The summed E-state index contributed by atoms with van der Waals surface area (Å²) in [6.07, 6.45) is 0. The third-order valence-corrected chi connectivity index (χ3v) is 3.73. The van der Waals surface area contributed by atoms with Gasteiger partial charge in [-0.05, 0) is 48.9 Å². The standard InChI is InChI=1S/C15H11BrClN3O/c1-8-4-10(16)2-3-13(8)14-19-15(21-20-14)9-5-11(17)7-12(18)6-9/h2-7H,18H2,1H3. The van der Waals surface area contributed by atoms with E-state index >= 15 is 0 Å². The molecule has 0 aliphatic carbocycles. The fourth-order valence-corrected chi connectivity index (χ4v) is 2.78. The topological polar surface area (TPSA) is 64.9 Å². The Balaban J connectivity index is 2.03. The van der Waals surface area contributed by atoms with Crippen LogP contribution in [0.2, 0.25) is 5.02 Å². The smallest absolute Gasteiger partial charge is 0.258 e. The van der Waals surface area contributed by atoms with Crippen molar-refractivity contribution in [3.8, 4) is 22.8 Å². The van der Waals surface area contributed by atoms with Crippen LogP contribution in [0.5, 0.6) is 0 Å². The molecule has 3 rings (SSSR count). The number of benzene rings is 2. The van der Waals surface area contributed by atoms with Gasteiger partial charge in [0, 0.05) is 26.3 Å². The molecule has 3 aromatic rings. The van der Waals surface area contributed by atoms with Gasteiger partial charge >= 0.3 is 0 Å². The molecule has 4 nitrogen and oxygen atoms in total. The average Bonchev–Trinajstić information content (AvgIpc) is 2.87. The van der Waals surface area contributed by atoms with Crippen molar-refractivity contribution in [1.29, 1.82) is 0 Å². The molecule has 0 amide bonds. The van der Waals surface area contributed by atoms with Gasteiger partial charge in [0.25, 0.3) is 5.89 Å². The first-order valence-corrected chi connectivity index (χ1v) is 7.37. The van der Waals surface area contributed by atoms with E-state index in [-0.39, 0.29) is 0 Å². The number of nitrogens with two attached hydrogens (primary N) is 1. The number of hydrogen-bond donors (Lipinski definition) is 1. The Morgan fingerprint density at radius 1 is 1.19 bits per heavy atom. The van der Waals surface area contributed by atoms with Gasteiger partial charge in [-0.2, -0.15) is 4.98 Å². The predicted octanol–water partition coefficient (Wildman–Crippen LogP) is 4.71. The van der Waals surface area contributed by atoms with Gasteiger partial charge in [0.2, 0.25) is 5.82 Å². The number of halogens is 2. The molecule has 0 saturated heterocycles. The van der Waals surface area contributed by atoms with E-state index in [4.69, 9.17) is 21.9 Å². The molecule has 2 N–H and O–H groups in total. The minimum Gasteiger partial charge on any atom is -0.399 e. The maximum absolute atomic E-state index is 5.99. The third-order valence-electron chi connectivity index (χ3n) is 3.02. The van der Waals surface area contributed by atoms with Gasteiger partial charge in [-0.25, -0.2) is 0 Å². The van der Waals surface area contributed by atoms with Crippen molar-refractivity contribution in [2.45, 2.75) is 6.92 Å². The molecule has 0 atom stereocenters. The number of nitrogens with zero attached hydrogens (tertiary/aromatic N) is 2. The van der Waals surface area contributed by atoms with Crippen LogP contribution in [0.4, 0.5) is 5.69 Å². The lowest BCUT2D eigenvalue weighted by atomic mass is 10.1. The van der Waals surface area contributed by atoms with E-state index in [9.17, 15) is 0 Å². The summed E-state index contributed by atoms with van der Waals surface area (Å²) < 4.78 is 6.32. The zero-order valence-electron chi connectivity index (χ0n) is 11.1. The van der Waals surface area contributed by atoms with E-state index in [1.54, 1.807) is 18.2 Å². The van der Waals surface area contributed by atoms with Crippen molar-refractivity contribution >= 4 is 33.2 Å². The number of nitrogen functional groups attached to an aromatic ring is 1. The van der Waals surface area contributed by atoms with Gasteiger partial charge in [0.15, 0.2) is 0 Å². The summed E-state index contributed by atoms with van der Waals surface area (Å²) in [5.74, 6) is 0.926. The minimum atomic E-state index is 0.390. The lowest BCUT2D eigenvalue weighted by Gasteiger charge is -2.01. The molecule has 1 heterocycles. The van der Waals surface area contributed by atoms with E-state index in [0.717, 1.165) is 15.6 Å². The van der Waals surface area contributed by atoms with E-state index in [2.05, 4.69) is 26.1 Å². The zero-order chi connectivity index (χ0) is 15.0. The maximum atomic E-state index is 5.99. The Hall–Kier alpha value is -1.85. The van der Waals surface area contributed by atoms with Crippen LogP contribution in [-0.2, 0) is 0 Å². The number of aromatic nitrogens is 2. The lowest BCUT2D eigenvalue weighted by Crippen LogP contribution is -1.87. The zero-order valence-corrected chi connectivity index (χ0v) is 13.4. The maximum Gasteiger partial charge on any atom is 0.258 e. The van der Waals surface area contributed by atoms with Crippen molar-refractivity contribution in [1.82, 2.24) is 10.1 Å². The van der Waals surface area contributed by atoms with Gasteiger partial charge in [0.05, 0.1) is 0 Å². The van der Waals surface area contributed by atoms with Gasteiger partial charge in [-0.3, -0.25) is 0 Å². The highest BCUT2D eigenvalue weighted by atomic mass is 79.9. The van der Waals surface area contributed by atoms with E-state index in [0.29, 0.717) is 28.0 Å². The molecule has 1 aromatic heterocycles. The first kappa shape index (κ1) is 14.1. The van der Waals surface area contributed by atoms with Crippen molar-refractivity contribution in [3.63, 3.8) is 0 Å². The molecule has 0 unspecified atom stereocenters. The lowest BCUT2D eigenvalue weighted by molar-refractivity contribution is 0.432. The van der Waals surface area contributed by atoms with Gasteiger partial charge in [-0.15, -0.1) is 0 Å². The van der Waals surface area contributed by atoms with Crippen molar-refractivity contribution in [3.05, 3.63) is 51.5 Å². The second-order valence-electron chi connectivity index (χ2n) is 4.66. The molecule has 0 spiro atoms. The molecule has 0 bridgehead atoms. The second-order valence-corrected chi connectivity index (χ2v) is 6.01. The molecule has 2 aromatic carbocycles. The molecule has 0 radical (unpaired) electrons. The van der Waals surface area contributed by atoms with E-state index < -0.39 is 0 Å². The van der Waals surface area contributed by atoms with Gasteiger partial charge < -0.3 is 10.3 Å². The molecule has 106 valence electrons. The van der Waals surface area contributed by atoms with Crippen molar-refractivity contribution in [2.24, 2.45) is 0 Å². The molecule has 0 saturated carbocycles. The highest BCUT2D eigenvalue weighted by molar-refractivity contribution is 9.10. The normalized spacial score (nSPS) is 10.8. The number of rotatable bonds is 2. The SMILES string of the molecule is Cc1cc(Br)ccc1-c1noc(-c2cc(N)cc(Cl)c2)n1. The number of aryl methyl sites for hydroxylation is 1. The third kappa shape index (κ3) is 2.94. The summed E-state index contributed by atoms with van der Waals surface area (Å²) >= 11 is 9.43. The first-order chi connectivity index (χ1) is 10.0. The Bertz CT molecular complexity index is 796. The monoisotopic (exact) mass is 363 g/mol. The van der Waals surface area contributed by atoms with E-state index in [1.807, 2.05) is 25.1 Å². The Morgan fingerprint density at radius 3 is 2.71 bits per heavy atom. The van der Waals surface area contributed by atoms with Crippen molar-refractivity contribution in [2.75, 3.05) is 5.73 Å². The van der Waals surface area contributed by atoms with Crippen molar-refractivity contribution < 1.29 is 4.52 Å². The molecule has 21 heavy (non-hydrogen) atoms. The second kappa shape index (κ2) is 5.50. The molecular formula is C15H11BrClN3O. The van der Waals surface area contributed by atoms with Crippen LogP contribution in [0.15, 0.2) is 45.4 Å². The van der Waals surface area contributed by atoms with Crippen LogP contribution in [0.25, 0.3) is 22.8 Å². The molecule has 0 fully saturated rings. The van der Waals surface area contributed by atoms with Gasteiger partial charge in [0.1, 0.15) is 0 Å². The number of anilines is 1. The molecular weight excluding hydrogens is 354 g/mol. The largest absolute Gasteiger partial charge is 0.399 e. The first-order valence-electron chi connectivity index (χ1n) is 6.19. The Kier molecular flexibility index (Phi) is 3.69. The summed E-state index contributed by atoms with van der Waals surface area (Å²) in [7, 11) is 0. The summed E-state index contributed by atoms with van der Waals surface area (Å²) in [6.45, 7) is 1.99. The molecule has 0 aliphatic heterocycles. The summed E-state index contributed by atoms with van der Waals surface area (Å²) in [6, 6.07) is 11.0. The van der Waals surface area contributed by atoms with Crippen LogP contribution in [0.3, 0.4) is 0 Å². The average molecular weight is 365 g/mol. The minimum absolute atomic E-state index is 0.390. The molecule has 6 heteroatoms. The van der Waals surface area contributed by atoms with Crippen LogP contribution >= 0.6 is 27.5 Å². The van der Waals surface area contributed by atoms with Crippen LogP contribution in [0.1, 0.15) is 5.56 Å². The number of hydrogen-bond acceptors (Lipinski definition) is 4. The van der Waals surface area contributed by atoms with Crippen LogP contribution < -0.4 is 5.73 Å². The highest BCUT2D eigenvalue weighted by Crippen LogP contribution is 2.28. The van der Waals surface area contributed by atoms with Crippen LogP contribution in [-0.4, -0.2) is 10.1 Å². The highest BCUT2D eigenvalue weighted by Gasteiger charge is 2.13. The molecule has 0 aliphatic rings. The Morgan fingerprint density at radius 2 is 2.00 bits per heavy atom. The van der Waals surface area contributed by atoms with Crippen LogP contribution in [0, 0.1) is 6.92 Å².